The number of hydrogen-bond donors (Lipinski definition) is 0. The van der Waals surface area contributed by atoms with Crippen molar-refractivity contribution in [2.24, 2.45) is 7.05 Å². The lowest BCUT2D eigenvalue weighted by molar-refractivity contribution is 0.0790. The van der Waals surface area contributed by atoms with Crippen LogP contribution in [0.5, 0.6) is 0 Å². The SMILES string of the molecule is Cn1c(C2CCN(C(=O)c3ccc(F)c(Cl)c3)C2)nc2cccnc21. The van der Waals surface area contributed by atoms with Crippen LogP contribution in [-0.4, -0.2) is 38.4 Å². The molecule has 1 amide bonds. The van der Waals surface area contributed by atoms with Gasteiger partial charge in [0.1, 0.15) is 17.2 Å². The molecule has 25 heavy (non-hydrogen) atoms. The molecule has 1 aliphatic heterocycles. The molecule has 5 nitrogen and oxygen atoms in total. The number of pyridine rings is 1. The Kier molecular flexibility index (Phi) is 3.92. The van der Waals surface area contributed by atoms with E-state index in [0.29, 0.717) is 18.7 Å². The molecule has 0 radical (unpaired) electrons. The van der Waals surface area contributed by atoms with E-state index in [2.05, 4.69) is 9.97 Å². The minimum absolute atomic E-state index is 0.0389. The fourth-order valence-electron chi connectivity index (χ4n) is 3.37. The smallest absolute Gasteiger partial charge is 0.253 e. The lowest BCUT2D eigenvalue weighted by atomic mass is 10.1. The number of benzene rings is 1. The van der Waals surface area contributed by atoms with Crippen molar-refractivity contribution in [3.63, 3.8) is 0 Å². The summed E-state index contributed by atoms with van der Waals surface area (Å²) in [5.74, 6) is 0.422. The van der Waals surface area contributed by atoms with Gasteiger partial charge < -0.3 is 9.47 Å². The number of halogens is 2. The molecule has 2 aromatic heterocycles. The first-order valence-electron chi connectivity index (χ1n) is 8.06. The monoisotopic (exact) mass is 358 g/mol. The van der Waals surface area contributed by atoms with Crippen molar-refractivity contribution < 1.29 is 9.18 Å². The van der Waals surface area contributed by atoms with Crippen molar-refractivity contribution in [2.75, 3.05) is 13.1 Å². The number of imidazole rings is 1. The second-order valence-corrected chi connectivity index (χ2v) is 6.65. The number of aryl methyl sites for hydroxylation is 1. The third-order valence-corrected chi connectivity index (χ3v) is 4.96. The van der Waals surface area contributed by atoms with Crippen molar-refractivity contribution in [3.8, 4) is 0 Å². The first-order valence-corrected chi connectivity index (χ1v) is 8.44. The summed E-state index contributed by atoms with van der Waals surface area (Å²) in [6.45, 7) is 1.21. The van der Waals surface area contributed by atoms with Crippen LogP contribution in [0.25, 0.3) is 11.2 Å². The lowest BCUT2D eigenvalue weighted by Gasteiger charge is -2.17. The van der Waals surface area contributed by atoms with Crippen molar-refractivity contribution >= 4 is 28.7 Å². The number of likely N-dealkylation sites (tertiary alicyclic amines) is 1. The van der Waals surface area contributed by atoms with Crippen LogP contribution in [0.1, 0.15) is 28.5 Å². The zero-order chi connectivity index (χ0) is 17.6. The zero-order valence-corrected chi connectivity index (χ0v) is 14.4. The Morgan fingerprint density at radius 3 is 2.96 bits per heavy atom. The number of nitrogens with zero attached hydrogens (tertiary/aromatic N) is 4. The van der Waals surface area contributed by atoms with Gasteiger partial charge in [0.2, 0.25) is 0 Å². The maximum absolute atomic E-state index is 13.3. The summed E-state index contributed by atoms with van der Waals surface area (Å²) in [6, 6.07) is 7.87. The average molecular weight is 359 g/mol. The van der Waals surface area contributed by atoms with E-state index in [4.69, 9.17) is 11.6 Å². The quantitative estimate of drug-likeness (QED) is 0.705. The average Bonchev–Trinajstić information content (AvgIpc) is 3.22. The minimum atomic E-state index is -0.523. The summed E-state index contributed by atoms with van der Waals surface area (Å²) in [5.41, 5.74) is 2.10. The van der Waals surface area contributed by atoms with Gasteiger partial charge in [-0.3, -0.25) is 4.79 Å². The molecule has 4 rings (SSSR count). The molecule has 0 saturated carbocycles. The third-order valence-electron chi connectivity index (χ3n) is 4.67. The summed E-state index contributed by atoms with van der Waals surface area (Å²) in [4.78, 5) is 23.5. The van der Waals surface area contributed by atoms with Gasteiger partial charge >= 0.3 is 0 Å². The standard InChI is InChI=1S/C18H16ClFN4O/c1-23-16(22-15-3-2-7-21-17(15)23)12-6-8-24(10-12)18(25)11-4-5-14(20)13(19)9-11/h2-5,7,9,12H,6,8,10H2,1H3. The van der Waals surface area contributed by atoms with Gasteiger partial charge in [-0.25, -0.2) is 14.4 Å². The van der Waals surface area contributed by atoms with Gasteiger partial charge in [-0.05, 0) is 36.8 Å². The molecule has 1 aromatic carbocycles. The molecule has 3 heterocycles. The second kappa shape index (κ2) is 6.11. The van der Waals surface area contributed by atoms with Gasteiger partial charge in [-0.1, -0.05) is 11.6 Å². The van der Waals surface area contributed by atoms with Crippen LogP contribution in [-0.2, 0) is 7.05 Å². The molecule has 1 aliphatic rings. The fraction of sp³-hybridized carbons (Fsp3) is 0.278. The molecular weight excluding hydrogens is 343 g/mol. The third kappa shape index (κ3) is 2.76. The number of carbonyl (C=O) groups excluding carboxylic acids is 1. The molecule has 128 valence electrons. The molecule has 0 spiro atoms. The van der Waals surface area contributed by atoms with E-state index in [-0.39, 0.29) is 16.8 Å². The van der Waals surface area contributed by atoms with Crippen LogP contribution in [0.4, 0.5) is 4.39 Å². The summed E-state index contributed by atoms with van der Waals surface area (Å²) in [5, 5.41) is -0.0389. The highest BCUT2D eigenvalue weighted by molar-refractivity contribution is 6.31. The van der Waals surface area contributed by atoms with Crippen LogP contribution in [0.2, 0.25) is 5.02 Å². The molecule has 1 fully saturated rings. The number of amides is 1. The molecular formula is C18H16ClFN4O. The molecule has 1 atom stereocenters. The number of rotatable bonds is 2. The molecule has 3 aromatic rings. The highest BCUT2D eigenvalue weighted by Crippen LogP contribution is 2.29. The van der Waals surface area contributed by atoms with E-state index in [1.54, 1.807) is 11.1 Å². The second-order valence-electron chi connectivity index (χ2n) is 6.24. The van der Waals surface area contributed by atoms with Crippen molar-refractivity contribution in [1.82, 2.24) is 19.4 Å². The van der Waals surface area contributed by atoms with Crippen LogP contribution < -0.4 is 0 Å². The topological polar surface area (TPSA) is 51.0 Å². The molecule has 0 aliphatic carbocycles. The van der Waals surface area contributed by atoms with Gasteiger partial charge in [-0.15, -0.1) is 0 Å². The maximum atomic E-state index is 13.3. The summed E-state index contributed by atoms with van der Waals surface area (Å²) in [6.07, 6.45) is 2.58. The van der Waals surface area contributed by atoms with Crippen LogP contribution in [0, 0.1) is 5.82 Å². The molecule has 7 heteroatoms. The molecule has 1 unspecified atom stereocenters. The zero-order valence-electron chi connectivity index (χ0n) is 13.6. The van der Waals surface area contributed by atoms with E-state index in [0.717, 1.165) is 23.4 Å². The predicted molar refractivity (Wildman–Crippen MR) is 93.2 cm³/mol. The number of fused-ring (bicyclic) bond motifs is 1. The summed E-state index contributed by atoms with van der Waals surface area (Å²) >= 11 is 5.79. The Bertz CT molecular complexity index is 971. The number of carbonyl (C=O) groups is 1. The Labute approximate surface area is 149 Å². The molecule has 0 bridgehead atoms. The summed E-state index contributed by atoms with van der Waals surface area (Å²) < 4.78 is 15.3. The minimum Gasteiger partial charge on any atom is -0.338 e. The van der Waals surface area contributed by atoms with Crippen LogP contribution in [0.15, 0.2) is 36.5 Å². The highest BCUT2D eigenvalue weighted by atomic mass is 35.5. The van der Waals surface area contributed by atoms with Crippen molar-refractivity contribution in [1.29, 1.82) is 0 Å². The van der Waals surface area contributed by atoms with Crippen LogP contribution in [0.3, 0.4) is 0 Å². The normalized spacial score (nSPS) is 17.4. The van der Waals surface area contributed by atoms with E-state index < -0.39 is 5.82 Å². The van der Waals surface area contributed by atoms with Gasteiger partial charge in [0, 0.05) is 37.8 Å². The van der Waals surface area contributed by atoms with Crippen molar-refractivity contribution in [2.45, 2.75) is 12.3 Å². The van der Waals surface area contributed by atoms with E-state index >= 15 is 0 Å². The van der Waals surface area contributed by atoms with Gasteiger partial charge in [-0.2, -0.15) is 0 Å². The summed E-state index contributed by atoms with van der Waals surface area (Å²) in [7, 11) is 1.95. The Hall–Kier alpha value is -2.47. The maximum Gasteiger partial charge on any atom is 0.253 e. The largest absolute Gasteiger partial charge is 0.338 e. The van der Waals surface area contributed by atoms with E-state index in [9.17, 15) is 9.18 Å². The number of hydrogen-bond acceptors (Lipinski definition) is 3. The van der Waals surface area contributed by atoms with Crippen LogP contribution >= 0.6 is 11.6 Å². The highest BCUT2D eigenvalue weighted by Gasteiger charge is 2.31. The first-order chi connectivity index (χ1) is 12.0. The number of aromatic nitrogens is 3. The fourth-order valence-corrected chi connectivity index (χ4v) is 3.55. The first kappa shape index (κ1) is 16.0. The Morgan fingerprint density at radius 2 is 2.20 bits per heavy atom. The van der Waals surface area contributed by atoms with Crippen molar-refractivity contribution in [3.05, 3.63) is 58.8 Å². The Morgan fingerprint density at radius 1 is 1.36 bits per heavy atom. The van der Waals surface area contributed by atoms with E-state index in [1.807, 2.05) is 23.7 Å². The van der Waals surface area contributed by atoms with Gasteiger partial charge in [0.25, 0.3) is 5.91 Å². The molecule has 1 saturated heterocycles. The predicted octanol–water partition coefficient (Wildman–Crippen LogP) is 3.39. The Balaban J connectivity index is 1.57. The lowest BCUT2D eigenvalue weighted by Crippen LogP contribution is -2.28. The van der Waals surface area contributed by atoms with Gasteiger partial charge in [0.05, 0.1) is 5.02 Å². The van der Waals surface area contributed by atoms with Gasteiger partial charge in [0.15, 0.2) is 5.65 Å². The van der Waals surface area contributed by atoms with E-state index in [1.165, 1.54) is 18.2 Å². The molecule has 0 N–H and O–H groups in total.